The Hall–Kier alpha value is -0.610. The van der Waals surface area contributed by atoms with Crippen LogP contribution < -0.4 is 5.32 Å². The van der Waals surface area contributed by atoms with Crippen LogP contribution in [0.25, 0.3) is 0 Å². The highest BCUT2D eigenvalue weighted by Crippen LogP contribution is 2.12. The molecule has 1 rings (SSSR count). The number of rotatable bonds is 7. The molecular formula is C12H21N3S. The lowest BCUT2D eigenvalue weighted by Gasteiger charge is -2.07. The molecule has 0 unspecified atom stereocenters. The van der Waals surface area contributed by atoms with Crippen molar-refractivity contribution in [2.24, 2.45) is 5.92 Å². The van der Waals surface area contributed by atoms with Crippen molar-refractivity contribution in [1.82, 2.24) is 15.3 Å². The second kappa shape index (κ2) is 7.63. The molecule has 0 aliphatic carbocycles. The van der Waals surface area contributed by atoms with Gasteiger partial charge in [0.2, 0.25) is 0 Å². The molecule has 0 radical (unpaired) electrons. The van der Waals surface area contributed by atoms with Gasteiger partial charge in [-0.3, -0.25) is 0 Å². The maximum atomic E-state index is 4.33. The summed E-state index contributed by atoms with van der Waals surface area (Å²) in [5.74, 6) is 1.77. The molecule has 1 heterocycles. The van der Waals surface area contributed by atoms with E-state index < -0.39 is 0 Å². The monoisotopic (exact) mass is 239 g/mol. The molecule has 0 spiro atoms. The van der Waals surface area contributed by atoms with Crippen LogP contribution in [0.1, 0.15) is 32.8 Å². The molecule has 1 aromatic rings. The van der Waals surface area contributed by atoms with E-state index in [1.807, 2.05) is 12.4 Å². The first kappa shape index (κ1) is 13.5. The molecule has 1 N–H and O–H groups in total. The van der Waals surface area contributed by atoms with E-state index in [0.717, 1.165) is 36.0 Å². The van der Waals surface area contributed by atoms with Gasteiger partial charge < -0.3 is 5.32 Å². The van der Waals surface area contributed by atoms with Crippen molar-refractivity contribution in [3.63, 3.8) is 0 Å². The summed E-state index contributed by atoms with van der Waals surface area (Å²) in [6, 6.07) is 0. The van der Waals surface area contributed by atoms with Crippen molar-refractivity contribution >= 4 is 11.8 Å². The third-order valence-corrected chi connectivity index (χ3v) is 3.08. The van der Waals surface area contributed by atoms with Crippen LogP contribution >= 0.6 is 11.8 Å². The summed E-state index contributed by atoms with van der Waals surface area (Å²) in [5, 5.41) is 4.26. The van der Waals surface area contributed by atoms with E-state index in [1.165, 1.54) is 0 Å². The van der Waals surface area contributed by atoms with Crippen LogP contribution in [0.2, 0.25) is 0 Å². The third kappa shape index (κ3) is 5.47. The summed E-state index contributed by atoms with van der Waals surface area (Å²) in [5.41, 5.74) is 1.15. The zero-order valence-electron chi connectivity index (χ0n) is 10.4. The van der Waals surface area contributed by atoms with E-state index in [2.05, 4.69) is 36.1 Å². The highest BCUT2D eigenvalue weighted by Gasteiger charge is 1.98. The molecule has 0 amide bonds. The Bertz CT molecular complexity index is 285. The second-order valence-electron chi connectivity index (χ2n) is 4.25. The minimum Gasteiger partial charge on any atom is -0.312 e. The fraction of sp³-hybridized carbons (Fsp3) is 0.667. The molecule has 3 nitrogen and oxygen atoms in total. The molecule has 0 fully saturated rings. The second-order valence-corrected chi connectivity index (χ2v) is 5.31. The van der Waals surface area contributed by atoms with Crippen LogP contribution in [0.5, 0.6) is 0 Å². The SMILES string of the molecule is CCCSc1ncc(CNCC(C)C)cn1. The lowest BCUT2D eigenvalue weighted by Crippen LogP contribution is -2.19. The average molecular weight is 239 g/mol. The van der Waals surface area contributed by atoms with Crippen molar-refractivity contribution in [3.8, 4) is 0 Å². The van der Waals surface area contributed by atoms with E-state index in [4.69, 9.17) is 0 Å². The highest BCUT2D eigenvalue weighted by atomic mass is 32.2. The number of hydrogen-bond acceptors (Lipinski definition) is 4. The summed E-state index contributed by atoms with van der Waals surface area (Å²) < 4.78 is 0. The Morgan fingerprint density at radius 2 is 2.00 bits per heavy atom. The maximum absolute atomic E-state index is 4.33. The van der Waals surface area contributed by atoms with Crippen LogP contribution in [0.4, 0.5) is 0 Å². The van der Waals surface area contributed by atoms with Gasteiger partial charge in [-0.1, -0.05) is 32.5 Å². The van der Waals surface area contributed by atoms with Gasteiger partial charge in [0.1, 0.15) is 0 Å². The van der Waals surface area contributed by atoms with Crippen molar-refractivity contribution in [1.29, 1.82) is 0 Å². The molecule has 16 heavy (non-hydrogen) atoms. The Kier molecular flexibility index (Phi) is 6.42. The Balaban J connectivity index is 2.33. The van der Waals surface area contributed by atoms with Crippen molar-refractivity contribution in [2.45, 2.75) is 38.9 Å². The standard InChI is InChI=1S/C12H21N3S/c1-4-5-16-12-14-8-11(9-15-12)7-13-6-10(2)3/h8-10,13H,4-7H2,1-3H3. The number of nitrogens with one attached hydrogen (secondary N) is 1. The number of aromatic nitrogens is 2. The van der Waals surface area contributed by atoms with Gasteiger partial charge in [0.15, 0.2) is 5.16 Å². The Morgan fingerprint density at radius 3 is 2.56 bits per heavy atom. The molecule has 0 aliphatic heterocycles. The third-order valence-electron chi connectivity index (χ3n) is 2.00. The quantitative estimate of drug-likeness (QED) is 0.586. The first-order valence-corrected chi connectivity index (χ1v) is 6.85. The Labute approximate surface area is 102 Å². The number of nitrogens with zero attached hydrogens (tertiary/aromatic N) is 2. The van der Waals surface area contributed by atoms with E-state index >= 15 is 0 Å². The van der Waals surface area contributed by atoms with E-state index in [9.17, 15) is 0 Å². The number of hydrogen-bond donors (Lipinski definition) is 1. The maximum Gasteiger partial charge on any atom is 0.187 e. The number of thioether (sulfide) groups is 1. The zero-order valence-corrected chi connectivity index (χ0v) is 11.2. The molecule has 0 aliphatic rings. The van der Waals surface area contributed by atoms with Crippen LogP contribution in [-0.2, 0) is 6.54 Å². The van der Waals surface area contributed by atoms with Gasteiger partial charge >= 0.3 is 0 Å². The van der Waals surface area contributed by atoms with Crippen LogP contribution in [0.15, 0.2) is 17.6 Å². The molecule has 1 aromatic heterocycles. The first-order valence-electron chi connectivity index (χ1n) is 5.86. The zero-order chi connectivity index (χ0) is 11.8. The van der Waals surface area contributed by atoms with Crippen molar-refractivity contribution in [3.05, 3.63) is 18.0 Å². The predicted octanol–water partition coefficient (Wildman–Crippen LogP) is 2.72. The predicted molar refractivity (Wildman–Crippen MR) is 69.6 cm³/mol. The van der Waals surface area contributed by atoms with Gasteiger partial charge in [-0.25, -0.2) is 9.97 Å². The molecule has 0 atom stereocenters. The minimum atomic E-state index is 0.681. The van der Waals surface area contributed by atoms with Crippen LogP contribution in [0, 0.1) is 5.92 Å². The van der Waals surface area contributed by atoms with Gasteiger partial charge in [0, 0.05) is 30.3 Å². The molecule has 4 heteroatoms. The van der Waals surface area contributed by atoms with Gasteiger partial charge in [-0.2, -0.15) is 0 Å². The molecule has 0 saturated heterocycles. The molecule has 0 aromatic carbocycles. The van der Waals surface area contributed by atoms with Gasteiger partial charge in [0.05, 0.1) is 0 Å². The summed E-state index contributed by atoms with van der Waals surface area (Å²) in [4.78, 5) is 8.65. The van der Waals surface area contributed by atoms with Crippen molar-refractivity contribution < 1.29 is 0 Å². The smallest absolute Gasteiger partial charge is 0.187 e. The van der Waals surface area contributed by atoms with E-state index in [0.29, 0.717) is 5.92 Å². The van der Waals surface area contributed by atoms with Gasteiger partial charge in [-0.05, 0) is 18.9 Å². The average Bonchev–Trinajstić information content (AvgIpc) is 2.27. The molecule has 90 valence electrons. The minimum absolute atomic E-state index is 0.681. The van der Waals surface area contributed by atoms with Gasteiger partial charge in [0.25, 0.3) is 0 Å². The first-order chi connectivity index (χ1) is 7.72. The van der Waals surface area contributed by atoms with E-state index in [1.54, 1.807) is 11.8 Å². The largest absolute Gasteiger partial charge is 0.312 e. The van der Waals surface area contributed by atoms with E-state index in [-0.39, 0.29) is 0 Å². The fourth-order valence-electron chi connectivity index (χ4n) is 1.21. The van der Waals surface area contributed by atoms with Crippen LogP contribution in [0.3, 0.4) is 0 Å². The van der Waals surface area contributed by atoms with Gasteiger partial charge in [-0.15, -0.1) is 0 Å². The summed E-state index contributed by atoms with van der Waals surface area (Å²) in [6.45, 7) is 8.46. The highest BCUT2D eigenvalue weighted by molar-refractivity contribution is 7.99. The molecular weight excluding hydrogens is 218 g/mol. The summed E-state index contributed by atoms with van der Waals surface area (Å²) in [7, 11) is 0. The summed E-state index contributed by atoms with van der Waals surface area (Å²) in [6.07, 6.45) is 4.99. The fourth-order valence-corrected chi connectivity index (χ4v) is 1.85. The summed E-state index contributed by atoms with van der Waals surface area (Å²) >= 11 is 1.72. The topological polar surface area (TPSA) is 37.8 Å². The molecule has 0 saturated carbocycles. The molecule has 0 bridgehead atoms. The lowest BCUT2D eigenvalue weighted by molar-refractivity contribution is 0.550. The lowest BCUT2D eigenvalue weighted by atomic mass is 10.2. The normalized spacial score (nSPS) is 11.0. The Morgan fingerprint density at radius 1 is 1.31 bits per heavy atom. The van der Waals surface area contributed by atoms with Crippen molar-refractivity contribution in [2.75, 3.05) is 12.3 Å². The van der Waals surface area contributed by atoms with Crippen LogP contribution in [-0.4, -0.2) is 22.3 Å².